The molecule has 3 rings (SSSR count). The van der Waals surface area contributed by atoms with Gasteiger partial charge in [-0.3, -0.25) is 4.79 Å². The summed E-state index contributed by atoms with van der Waals surface area (Å²) >= 11 is 0. The Hall–Kier alpha value is -1.73. The second-order valence-electron chi connectivity index (χ2n) is 6.99. The molecule has 0 spiro atoms. The molecule has 1 saturated heterocycles. The Morgan fingerprint density at radius 3 is 2.92 bits per heavy atom. The molecule has 0 bridgehead atoms. The van der Waals surface area contributed by atoms with Crippen LogP contribution >= 0.6 is 0 Å². The van der Waals surface area contributed by atoms with E-state index in [4.69, 9.17) is 14.7 Å². The van der Waals surface area contributed by atoms with Crippen LogP contribution in [0.5, 0.6) is 0 Å². The van der Waals surface area contributed by atoms with Gasteiger partial charge < -0.3 is 19.9 Å². The van der Waals surface area contributed by atoms with Gasteiger partial charge in [-0.25, -0.2) is 9.97 Å². The number of rotatable bonds is 5. The first-order valence-corrected chi connectivity index (χ1v) is 9.18. The van der Waals surface area contributed by atoms with Crippen molar-refractivity contribution in [3.8, 4) is 0 Å². The summed E-state index contributed by atoms with van der Waals surface area (Å²) in [7, 11) is 3.82. The highest BCUT2D eigenvalue weighted by Gasteiger charge is 2.30. The van der Waals surface area contributed by atoms with Crippen LogP contribution in [-0.4, -0.2) is 66.1 Å². The first-order chi connectivity index (χ1) is 12.1. The highest BCUT2D eigenvalue weighted by atomic mass is 16.5. The van der Waals surface area contributed by atoms with Crippen LogP contribution in [0.15, 0.2) is 0 Å². The number of carbonyl (C=O) groups excluding carboxylic acids is 1. The number of hydrogen-bond acceptors (Lipinski definition) is 6. The molecule has 1 unspecified atom stereocenters. The Bertz CT molecular complexity index is 622. The third kappa shape index (κ3) is 4.10. The Labute approximate surface area is 149 Å². The first kappa shape index (κ1) is 18.1. The van der Waals surface area contributed by atoms with E-state index in [0.717, 1.165) is 62.7 Å². The average Bonchev–Trinajstić information content (AvgIpc) is 2.62. The standard InChI is InChI=1S/C18H29N5O2/c1-13(24)23-9-5-4-6-16(23)18-20-15-7-10-22(2)12-14(15)17(21-18)19-8-11-25-3/h16H,4-12H2,1-3H3,(H,19,20,21). The van der Waals surface area contributed by atoms with E-state index >= 15 is 0 Å². The number of likely N-dealkylation sites (N-methyl/N-ethyl adjacent to an activating group) is 1. The predicted octanol–water partition coefficient (Wildman–Crippen LogP) is 1.60. The number of hydrogen-bond donors (Lipinski definition) is 1. The Kier molecular flexibility index (Phi) is 5.86. The zero-order chi connectivity index (χ0) is 17.8. The summed E-state index contributed by atoms with van der Waals surface area (Å²) in [4.78, 5) is 26.0. The van der Waals surface area contributed by atoms with Crippen LogP contribution in [-0.2, 0) is 22.5 Å². The van der Waals surface area contributed by atoms with Crippen molar-refractivity contribution in [3.05, 3.63) is 17.1 Å². The zero-order valence-electron chi connectivity index (χ0n) is 15.5. The second kappa shape index (κ2) is 8.10. The van der Waals surface area contributed by atoms with Gasteiger partial charge in [0, 0.05) is 52.2 Å². The third-order valence-corrected chi connectivity index (χ3v) is 5.07. The number of anilines is 1. The number of carbonyl (C=O) groups is 1. The normalized spacial score (nSPS) is 21.1. The van der Waals surface area contributed by atoms with Crippen molar-refractivity contribution in [2.45, 2.75) is 45.2 Å². The average molecular weight is 347 g/mol. The minimum atomic E-state index is -0.000758. The molecule has 1 aromatic heterocycles. The SMILES string of the molecule is COCCNc1nc(C2CCCCN2C(C)=O)nc2c1CN(C)CC2. The van der Waals surface area contributed by atoms with Crippen LogP contribution in [0.25, 0.3) is 0 Å². The molecule has 0 aliphatic carbocycles. The van der Waals surface area contributed by atoms with Crippen molar-refractivity contribution < 1.29 is 9.53 Å². The molecule has 25 heavy (non-hydrogen) atoms. The van der Waals surface area contributed by atoms with Gasteiger partial charge in [-0.15, -0.1) is 0 Å². The highest BCUT2D eigenvalue weighted by Crippen LogP contribution is 2.32. The van der Waals surface area contributed by atoms with Gasteiger partial charge in [-0.2, -0.15) is 0 Å². The number of fused-ring (bicyclic) bond motifs is 1. The van der Waals surface area contributed by atoms with Crippen LogP contribution in [0.1, 0.15) is 49.3 Å². The van der Waals surface area contributed by atoms with Gasteiger partial charge >= 0.3 is 0 Å². The van der Waals surface area contributed by atoms with Crippen molar-refractivity contribution in [1.82, 2.24) is 19.8 Å². The van der Waals surface area contributed by atoms with Crippen molar-refractivity contribution >= 4 is 11.7 Å². The zero-order valence-corrected chi connectivity index (χ0v) is 15.5. The van der Waals surface area contributed by atoms with Crippen LogP contribution in [0.3, 0.4) is 0 Å². The molecular formula is C18H29N5O2. The number of aromatic nitrogens is 2. The summed E-state index contributed by atoms with van der Waals surface area (Å²) < 4.78 is 5.15. The van der Waals surface area contributed by atoms with Crippen LogP contribution < -0.4 is 5.32 Å². The molecule has 0 radical (unpaired) electrons. The van der Waals surface area contributed by atoms with E-state index in [-0.39, 0.29) is 11.9 Å². The molecule has 0 aromatic carbocycles. The maximum atomic E-state index is 12.0. The lowest BCUT2D eigenvalue weighted by atomic mass is 10.00. The van der Waals surface area contributed by atoms with E-state index in [2.05, 4.69) is 17.3 Å². The second-order valence-corrected chi connectivity index (χ2v) is 6.99. The summed E-state index contributed by atoms with van der Waals surface area (Å²) in [5, 5.41) is 3.41. The molecule has 3 heterocycles. The molecule has 1 N–H and O–H groups in total. The Morgan fingerprint density at radius 1 is 1.32 bits per heavy atom. The summed E-state index contributed by atoms with van der Waals surface area (Å²) in [5.41, 5.74) is 2.30. The number of piperidine rings is 1. The number of methoxy groups -OCH3 is 1. The van der Waals surface area contributed by atoms with Gasteiger partial charge in [0.15, 0.2) is 5.82 Å². The summed E-state index contributed by atoms with van der Waals surface area (Å²) in [6.45, 7) is 5.64. The van der Waals surface area contributed by atoms with Crippen LogP contribution in [0, 0.1) is 0 Å². The van der Waals surface area contributed by atoms with Crippen molar-refractivity contribution in [2.24, 2.45) is 0 Å². The van der Waals surface area contributed by atoms with Gasteiger partial charge in [-0.05, 0) is 26.3 Å². The van der Waals surface area contributed by atoms with Crippen LogP contribution in [0.2, 0.25) is 0 Å². The lowest BCUT2D eigenvalue weighted by Crippen LogP contribution is -2.38. The van der Waals surface area contributed by atoms with E-state index in [1.54, 1.807) is 14.0 Å². The lowest BCUT2D eigenvalue weighted by Gasteiger charge is -2.35. The number of nitrogens with one attached hydrogen (secondary N) is 1. The fraction of sp³-hybridized carbons (Fsp3) is 0.722. The maximum Gasteiger partial charge on any atom is 0.220 e. The van der Waals surface area contributed by atoms with Gasteiger partial charge in [-0.1, -0.05) is 0 Å². The summed E-state index contributed by atoms with van der Waals surface area (Å²) in [6, 6.07) is -0.000758. The molecule has 0 saturated carbocycles. The third-order valence-electron chi connectivity index (χ3n) is 5.07. The molecular weight excluding hydrogens is 318 g/mol. The molecule has 1 aromatic rings. The van der Waals surface area contributed by atoms with E-state index in [1.165, 1.54) is 5.56 Å². The fourth-order valence-electron chi connectivity index (χ4n) is 3.71. The quantitative estimate of drug-likeness (QED) is 0.816. The molecule has 2 aliphatic heterocycles. The summed E-state index contributed by atoms with van der Waals surface area (Å²) in [5.74, 6) is 1.80. The molecule has 1 amide bonds. The van der Waals surface area contributed by atoms with E-state index in [1.807, 2.05) is 4.90 Å². The van der Waals surface area contributed by atoms with Gasteiger partial charge in [0.2, 0.25) is 5.91 Å². The van der Waals surface area contributed by atoms with Crippen molar-refractivity contribution in [3.63, 3.8) is 0 Å². The monoisotopic (exact) mass is 347 g/mol. The number of likely N-dealkylation sites (tertiary alicyclic amines) is 1. The van der Waals surface area contributed by atoms with Gasteiger partial charge in [0.1, 0.15) is 5.82 Å². The van der Waals surface area contributed by atoms with Gasteiger partial charge in [0.05, 0.1) is 18.3 Å². The Morgan fingerprint density at radius 2 is 2.16 bits per heavy atom. The van der Waals surface area contributed by atoms with E-state index in [0.29, 0.717) is 13.2 Å². The molecule has 2 aliphatic rings. The van der Waals surface area contributed by atoms with Crippen molar-refractivity contribution in [2.75, 3.05) is 45.7 Å². The number of amides is 1. The summed E-state index contributed by atoms with van der Waals surface area (Å²) in [6.07, 6.45) is 4.04. The van der Waals surface area contributed by atoms with E-state index in [9.17, 15) is 4.79 Å². The smallest absolute Gasteiger partial charge is 0.220 e. The molecule has 138 valence electrons. The molecule has 1 fully saturated rings. The molecule has 7 heteroatoms. The maximum absolute atomic E-state index is 12.0. The fourth-order valence-corrected chi connectivity index (χ4v) is 3.71. The number of nitrogens with zero attached hydrogens (tertiary/aromatic N) is 4. The van der Waals surface area contributed by atoms with Gasteiger partial charge in [0.25, 0.3) is 0 Å². The lowest BCUT2D eigenvalue weighted by molar-refractivity contribution is -0.132. The minimum Gasteiger partial charge on any atom is -0.383 e. The Balaban J connectivity index is 1.93. The van der Waals surface area contributed by atoms with Crippen molar-refractivity contribution in [1.29, 1.82) is 0 Å². The number of ether oxygens (including phenoxy) is 1. The minimum absolute atomic E-state index is 0.000758. The topological polar surface area (TPSA) is 70.6 Å². The predicted molar refractivity (Wildman–Crippen MR) is 96.4 cm³/mol. The molecule has 7 nitrogen and oxygen atoms in total. The van der Waals surface area contributed by atoms with Crippen LogP contribution in [0.4, 0.5) is 5.82 Å². The highest BCUT2D eigenvalue weighted by molar-refractivity contribution is 5.73. The largest absolute Gasteiger partial charge is 0.383 e. The molecule has 1 atom stereocenters. The van der Waals surface area contributed by atoms with E-state index < -0.39 is 0 Å². The first-order valence-electron chi connectivity index (χ1n) is 9.18.